The summed E-state index contributed by atoms with van der Waals surface area (Å²) in [4.78, 5) is 12.3. The molecular weight excluding hydrogens is 434 g/mol. The van der Waals surface area contributed by atoms with Gasteiger partial charge in [0.2, 0.25) is 16.9 Å². The molecule has 31 heavy (non-hydrogen) atoms. The van der Waals surface area contributed by atoms with E-state index >= 15 is 0 Å². The Morgan fingerprint density at radius 2 is 1.94 bits per heavy atom. The lowest BCUT2D eigenvalue weighted by Crippen LogP contribution is -2.17. The average Bonchev–Trinajstić information content (AvgIpc) is 3.36. The highest BCUT2D eigenvalue weighted by Gasteiger charge is 2.16. The van der Waals surface area contributed by atoms with E-state index in [1.54, 1.807) is 12.1 Å². The first kappa shape index (κ1) is 21.0. The molecule has 2 aromatic carbocycles. The van der Waals surface area contributed by atoms with Gasteiger partial charge in [-0.05, 0) is 43.7 Å². The summed E-state index contributed by atoms with van der Waals surface area (Å²) in [6.45, 7) is 3.97. The number of nitrogens with two attached hydrogens (primary N) is 1. The predicted octanol–water partition coefficient (Wildman–Crippen LogP) is 4.05. The van der Waals surface area contributed by atoms with E-state index in [4.69, 9.17) is 17.4 Å². The number of carbonyl (C=O) groups is 1. The predicted molar refractivity (Wildman–Crippen MR) is 123 cm³/mol. The summed E-state index contributed by atoms with van der Waals surface area (Å²) in [6.07, 6.45) is 0. The number of amides is 1. The zero-order valence-electron chi connectivity index (χ0n) is 16.9. The molecule has 0 saturated heterocycles. The molecule has 0 atom stereocenters. The van der Waals surface area contributed by atoms with Crippen molar-refractivity contribution in [1.82, 2.24) is 25.1 Å². The minimum atomic E-state index is -0.145. The van der Waals surface area contributed by atoms with E-state index in [9.17, 15) is 4.79 Å². The van der Waals surface area contributed by atoms with Gasteiger partial charge >= 0.3 is 0 Å². The molecule has 0 unspecified atom stereocenters. The van der Waals surface area contributed by atoms with E-state index in [2.05, 4.69) is 25.7 Å². The third kappa shape index (κ3) is 4.73. The molecule has 4 aromatic rings. The molecule has 0 fully saturated rings. The van der Waals surface area contributed by atoms with Gasteiger partial charge in [0.15, 0.2) is 0 Å². The lowest BCUT2D eigenvalue weighted by atomic mass is 10.1. The number of hydrogen-bond acceptors (Lipinski definition) is 6. The van der Waals surface area contributed by atoms with Gasteiger partial charge < -0.3 is 11.2 Å². The second kappa shape index (κ2) is 8.83. The van der Waals surface area contributed by atoms with Crippen LogP contribution in [0.15, 0.2) is 53.7 Å². The van der Waals surface area contributed by atoms with Gasteiger partial charge in [-0.2, -0.15) is 5.10 Å². The zero-order valence-corrected chi connectivity index (χ0v) is 18.5. The van der Waals surface area contributed by atoms with Crippen molar-refractivity contribution in [1.29, 1.82) is 0 Å². The number of anilines is 1. The Hall–Kier alpha value is -3.30. The number of aryl methyl sites for hydroxylation is 2. The standard InChI is InChI=1S/C21H20ClN7OS/c1-12-3-8-16(13(2)9-12)24-19(30)11-31-21-28-27-20(29(21)23)18-10-17(25-26-18)14-4-6-15(22)7-5-14/h3-10H,11,23H2,1-2H3,(H,24,30)(H,25,26). The maximum Gasteiger partial charge on any atom is 0.234 e. The molecule has 158 valence electrons. The van der Waals surface area contributed by atoms with Crippen LogP contribution in [0.5, 0.6) is 0 Å². The number of nitrogens with zero attached hydrogens (tertiary/aromatic N) is 4. The lowest BCUT2D eigenvalue weighted by molar-refractivity contribution is -0.113. The first-order chi connectivity index (χ1) is 14.9. The number of thioether (sulfide) groups is 1. The topological polar surface area (TPSA) is 115 Å². The number of rotatable bonds is 6. The van der Waals surface area contributed by atoms with Crippen LogP contribution in [-0.4, -0.2) is 36.7 Å². The summed E-state index contributed by atoms with van der Waals surface area (Å²) in [6, 6.07) is 15.1. The molecule has 0 bridgehead atoms. The molecule has 0 radical (unpaired) electrons. The van der Waals surface area contributed by atoms with Crippen molar-refractivity contribution in [3.63, 3.8) is 0 Å². The molecule has 0 aliphatic carbocycles. The van der Waals surface area contributed by atoms with Crippen molar-refractivity contribution >= 4 is 35.0 Å². The van der Waals surface area contributed by atoms with Gasteiger partial charge in [0, 0.05) is 16.3 Å². The Kier molecular flexibility index (Phi) is 5.97. The van der Waals surface area contributed by atoms with E-state index in [-0.39, 0.29) is 11.7 Å². The Morgan fingerprint density at radius 1 is 1.16 bits per heavy atom. The van der Waals surface area contributed by atoms with Crippen LogP contribution in [0.3, 0.4) is 0 Å². The van der Waals surface area contributed by atoms with Gasteiger partial charge in [0.1, 0.15) is 5.69 Å². The Balaban J connectivity index is 1.42. The molecule has 0 aliphatic heterocycles. The van der Waals surface area contributed by atoms with Gasteiger partial charge in [-0.3, -0.25) is 9.89 Å². The lowest BCUT2D eigenvalue weighted by Gasteiger charge is -2.08. The molecule has 2 aromatic heterocycles. The van der Waals surface area contributed by atoms with Crippen molar-refractivity contribution in [3.8, 4) is 22.8 Å². The summed E-state index contributed by atoms with van der Waals surface area (Å²) >= 11 is 7.14. The number of benzene rings is 2. The average molecular weight is 454 g/mol. The van der Waals surface area contributed by atoms with E-state index in [0.29, 0.717) is 21.7 Å². The van der Waals surface area contributed by atoms with E-state index in [0.717, 1.165) is 28.1 Å². The minimum absolute atomic E-state index is 0.145. The molecular formula is C21H20ClN7OS. The highest BCUT2D eigenvalue weighted by molar-refractivity contribution is 7.99. The molecule has 4 N–H and O–H groups in total. The van der Waals surface area contributed by atoms with Crippen molar-refractivity contribution in [2.45, 2.75) is 19.0 Å². The minimum Gasteiger partial charge on any atom is -0.335 e. The van der Waals surface area contributed by atoms with Gasteiger partial charge in [-0.1, -0.05) is 53.2 Å². The zero-order chi connectivity index (χ0) is 22.0. The van der Waals surface area contributed by atoms with Crippen LogP contribution in [0.2, 0.25) is 5.02 Å². The molecule has 10 heteroatoms. The number of hydrogen-bond donors (Lipinski definition) is 3. The highest BCUT2D eigenvalue weighted by Crippen LogP contribution is 2.25. The van der Waals surface area contributed by atoms with Crippen LogP contribution < -0.4 is 11.2 Å². The van der Waals surface area contributed by atoms with E-state index in [1.165, 1.54) is 16.4 Å². The molecule has 8 nitrogen and oxygen atoms in total. The number of halogens is 1. The van der Waals surface area contributed by atoms with Crippen molar-refractivity contribution in [2.75, 3.05) is 16.9 Å². The Morgan fingerprint density at radius 3 is 2.68 bits per heavy atom. The smallest absolute Gasteiger partial charge is 0.234 e. The van der Waals surface area contributed by atoms with Crippen LogP contribution in [0.25, 0.3) is 22.8 Å². The quantitative estimate of drug-likeness (QED) is 0.299. The Bertz CT molecular complexity index is 1230. The summed E-state index contributed by atoms with van der Waals surface area (Å²) in [5.41, 5.74) is 5.21. The third-order valence-corrected chi connectivity index (χ3v) is 5.81. The summed E-state index contributed by atoms with van der Waals surface area (Å²) in [5.74, 6) is 6.59. The molecule has 4 rings (SSSR count). The number of H-pyrrole nitrogens is 1. The maximum atomic E-state index is 12.3. The van der Waals surface area contributed by atoms with Crippen LogP contribution in [0.1, 0.15) is 11.1 Å². The summed E-state index contributed by atoms with van der Waals surface area (Å²) in [5, 5.41) is 19.4. The largest absolute Gasteiger partial charge is 0.335 e. The molecule has 1 amide bonds. The summed E-state index contributed by atoms with van der Waals surface area (Å²) in [7, 11) is 0. The molecule has 0 aliphatic rings. The van der Waals surface area contributed by atoms with Crippen LogP contribution >= 0.6 is 23.4 Å². The van der Waals surface area contributed by atoms with Crippen molar-refractivity contribution < 1.29 is 4.79 Å². The fourth-order valence-electron chi connectivity index (χ4n) is 3.03. The fraction of sp³-hybridized carbons (Fsp3) is 0.143. The van der Waals surface area contributed by atoms with Gasteiger partial charge in [-0.15, -0.1) is 10.2 Å². The number of nitrogen functional groups attached to an aromatic ring is 1. The van der Waals surface area contributed by atoms with E-state index in [1.807, 2.05) is 50.2 Å². The number of aromatic amines is 1. The summed E-state index contributed by atoms with van der Waals surface area (Å²) < 4.78 is 1.34. The fourth-order valence-corrected chi connectivity index (χ4v) is 3.82. The first-order valence-electron chi connectivity index (χ1n) is 9.43. The molecule has 2 heterocycles. The first-order valence-corrected chi connectivity index (χ1v) is 10.8. The number of nitrogens with one attached hydrogen (secondary N) is 2. The van der Waals surface area contributed by atoms with E-state index < -0.39 is 0 Å². The third-order valence-electron chi connectivity index (χ3n) is 4.61. The number of aromatic nitrogens is 5. The maximum absolute atomic E-state index is 12.3. The Labute approximate surface area is 188 Å². The van der Waals surface area contributed by atoms with Crippen molar-refractivity contribution in [3.05, 3.63) is 64.7 Å². The molecule has 0 saturated carbocycles. The SMILES string of the molecule is Cc1ccc(NC(=O)CSc2nnc(-c3cc(-c4ccc(Cl)cc4)n[nH]3)n2N)c(C)c1. The van der Waals surface area contributed by atoms with Crippen LogP contribution in [0.4, 0.5) is 5.69 Å². The van der Waals surface area contributed by atoms with Gasteiger partial charge in [0.25, 0.3) is 0 Å². The number of carbonyl (C=O) groups excluding carboxylic acids is 1. The second-order valence-corrected chi connectivity index (χ2v) is 8.38. The van der Waals surface area contributed by atoms with Crippen molar-refractivity contribution in [2.24, 2.45) is 0 Å². The van der Waals surface area contributed by atoms with Gasteiger partial charge in [0.05, 0.1) is 11.4 Å². The second-order valence-electron chi connectivity index (χ2n) is 7.01. The normalized spacial score (nSPS) is 10.9. The van der Waals surface area contributed by atoms with Crippen LogP contribution in [0, 0.1) is 13.8 Å². The molecule has 0 spiro atoms. The highest BCUT2D eigenvalue weighted by atomic mass is 35.5. The monoisotopic (exact) mass is 453 g/mol. The van der Waals surface area contributed by atoms with Gasteiger partial charge in [-0.25, -0.2) is 4.68 Å². The van der Waals surface area contributed by atoms with Crippen LogP contribution in [-0.2, 0) is 4.79 Å².